The minimum Gasteiger partial charge on any atom is -0.464 e. The summed E-state index contributed by atoms with van der Waals surface area (Å²) in [6.07, 6.45) is 1.56. The van der Waals surface area contributed by atoms with Crippen molar-refractivity contribution in [3.8, 4) is 28.7 Å². The monoisotopic (exact) mass is 451 g/mol. The molecule has 4 aromatic rings. The van der Waals surface area contributed by atoms with E-state index in [4.69, 9.17) is 9.40 Å². The first kappa shape index (κ1) is 20.7. The van der Waals surface area contributed by atoms with E-state index >= 15 is 0 Å². The number of carbonyl (C=O) groups is 2. The van der Waals surface area contributed by atoms with Gasteiger partial charge in [-0.3, -0.25) is 14.5 Å². The van der Waals surface area contributed by atoms with E-state index in [2.05, 4.69) is 6.07 Å². The molecule has 33 heavy (non-hydrogen) atoms. The molecule has 0 saturated carbocycles. The lowest BCUT2D eigenvalue weighted by atomic mass is 10.0. The maximum absolute atomic E-state index is 12.6. The molecule has 0 N–H and O–H groups in total. The summed E-state index contributed by atoms with van der Waals surface area (Å²) >= 11 is 1.34. The molecule has 0 bridgehead atoms. The van der Waals surface area contributed by atoms with Crippen LogP contribution in [0.3, 0.4) is 0 Å². The maximum atomic E-state index is 12.6. The van der Waals surface area contributed by atoms with Crippen molar-refractivity contribution in [2.24, 2.45) is 0 Å². The molecule has 0 aliphatic carbocycles. The van der Waals surface area contributed by atoms with Crippen LogP contribution in [0.25, 0.3) is 22.6 Å². The van der Waals surface area contributed by atoms with E-state index < -0.39 is 0 Å². The first-order chi connectivity index (χ1) is 16.2. The van der Waals surface area contributed by atoms with Crippen LogP contribution in [0.4, 0.5) is 0 Å². The zero-order valence-corrected chi connectivity index (χ0v) is 18.2. The Labute approximate surface area is 194 Å². The molecule has 1 aliphatic heterocycles. The molecule has 3 heterocycles. The Balaban J connectivity index is 1.44. The molecular weight excluding hydrogens is 434 g/mol. The van der Waals surface area contributed by atoms with E-state index in [9.17, 15) is 14.9 Å². The van der Waals surface area contributed by atoms with Crippen LogP contribution in [-0.4, -0.2) is 34.0 Å². The summed E-state index contributed by atoms with van der Waals surface area (Å²) in [6, 6.07) is 24.2. The van der Waals surface area contributed by atoms with Gasteiger partial charge in [0.1, 0.15) is 16.9 Å². The van der Waals surface area contributed by atoms with Crippen molar-refractivity contribution in [3.63, 3.8) is 0 Å². The largest absolute Gasteiger partial charge is 0.464 e. The summed E-state index contributed by atoms with van der Waals surface area (Å²) in [4.78, 5) is 31.3. The van der Waals surface area contributed by atoms with Crippen molar-refractivity contribution < 1.29 is 14.0 Å². The lowest BCUT2D eigenvalue weighted by molar-refractivity contribution is 0.0664. The van der Waals surface area contributed by atoms with Crippen LogP contribution in [0.15, 0.2) is 88.5 Å². The van der Waals surface area contributed by atoms with Gasteiger partial charge < -0.3 is 4.42 Å². The highest BCUT2D eigenvalue weighted by Gasteiger charge is 2.34. The number of nitriles is 1. The molecule has 0 spiro atoms. The van der Waals surface area contributed by atoms with E-state index in [-0.39, 0.29) is 18.4 Å². The average Bonchev–Trinajstić information content (AvgIpc) is 3.48. The molecule has 0 fully saturated rings. The molecule has 2 aromatic carbocycles. The first-order valence-electron chi connectivity index (χ1n) is 10.3. The molecule has 2 aromatic heterocycles. The van der Waals surface area contributed by atoms with Crippen LogP contribution in [0.5, 0.6) is 0 Å². The lowest BCUT2D eigenvalue weighted by Gasteiger charge is -2.14. The van der Waals surface area contributed by atoms with Gasteiger partial charge in [0.25, 0.3) is 11.8 Å². The predicted molar refractivity (Wildman–Crippen MR) is 125 cm³/mol. The third-order valence-electron chi connectivity index (χ3n) is 5.39. The fourth-order valence-corrected chi connectivity index (χ4v) is 4.72. The van der Waals surface area contributed by atoms with Gasteiger partial charge in [-0.05, 0) is 30.3 Å². The topological polar surface area (TPSA) is 87.2 Å². The summed E-state index contributed by atoms with van der Waals surface area (Å²) < 4.78 is 5.57. The first-order valence-corrected chi connectivity index (χ1v) is 11.3. The molecule has 1 aliphatic rings. The Bertz CT molecular complexity index is 1360. The fraction of sp³-hybridized carbons (Fsp3) is 0.0769. The highest BCUT2D eigenvalue weighted by molar-refractivity contribution is 7.99. The number of imide groups is 1. The molecular formula is C26H17N3O3S. The number of furan rings is 1. The minimum absolute atomic E-state index is 0.217. The zero-order chi connectivity index (χ0) is 22.8. The smallest absolute Gasteiger partial charge is 0.261 e. The number of hydrogen-bond acceptors (Lipinski definition) is 6. The summed E-state index contributed by atoms with van der Waals surface area (Å²) in [5, 5.41) is 10.4. The van der Waals surface area contributed by atoms with Crippen LogP contribution in [0.2, 0.25) is 0 Å². The van der Waals surface area contributed by atoms with Gasteiger partial charge in [-0.25, -0.2) is 4.98 Å². The highest BCUT2D eigenvalue weighted by atomic mass is 32.2. The SMILES string of the molecule is N#Cc1c(-c2ccco2)cc(-c2ccccc2)nc1SCCN1C(=O)c2ccccc2C1=O. The van der Waals surface area contributed by atoms with Crippen LogP contribution in [-0.2, 0) is 0 Å². The van der Waals surface area contributed by atoms with Crippen molar-refractivity contribution in [1.29, 1.82) is 5.26 Å². The molecule has 7 heteroatoms. The number of aromatic nitrogens is 1. The fourth-order valence-electron chi connectivity index (χ4n) is 3.79. The zero-order valence-electron chi connectivity index (χ0n) is 17.4. The number of hydrogen-bond donors (Lipinski definition) is 0. The number of fused-ring (bicyclic) bond motifs is 1. The summed E-state index contributed by atoms with van der Waals surface area (Å²) in [5.74, 6) is 0.398. The van der Waals surface area contributed by atoms with Crippen molar-refractivity contribution in [3.05, 3.63) is 95.7 Å². The molecule has 5 rings (SSSR count). The molecule has 6 nitrogen and oxygen atoms in total. The standard InChI is InChI=1S/C26H17N3O3S/c27-16-21-20(23-11-6-13-32-23)15-22(17-7-2-1-3-8-17)28-24(21)33-14-12-29-25(30)18-9-4-5-10-19(18)26(29)31/h1-11,13,15H,12,14H2. The van der Waals surface area contributed by atoms with E-state index in [1.165, 1.54) is 16.7 Å². The van der Waals surface area contributed by atoms with E-state index in [0.29, 0.717) is 44.5 Å². The molecule has 160 valence electrons. The molecule has 0 unspecified atom stereocenters. The second kappa shape index (κ2) is 8.77. The van der Waals surface area contributed by atoms with E-state index in [0.717, 1.165) is 5.56 Å². The second-order valence-corrected chi connectivity index (χ2v) is 8.43. The lowest BCUT2D eigenvalue weighted by Crippen LogP contribution is -2.31. The molecule has 0 radical (unpaired) electrons. The summed E-state index contributed by atoms with van der Waals surface area (Å²) in [5.41, 5.74) is 3.53. The average molecular weight is 452 g/mol. The number of thioether (sulfide) groups is 1. The van der Waals surface area contributed by atoms with Crippen molar-refractivity contribution in [2.45, 2.75) is 5.03 Å². The minimum atomic E-state index is -0.293. The Kier molecular flexibility index (Phi) is 5.51. The van der Waals surface area contributed by atoms with Gasteiger partial charge in [-0.1, -0.05) is 42.5 Å². The molecule has 2 amide bonds. The van der Waals surface area contributed by atoms with Crippen LogP contribution in [0, 0.1) is 11.3 Å². The van der Waals surface area contributed by atoms with Gasteiger partial charge in [-0.15, -0.1) is 11.8 Å². The van der Waals surface area contributed by atoms with Crippen molar-refractivity contribution >= 4 is 23.6 Å². The number of carbonyl (C=O) groups excluding carboxylic acids is 2. The van der Waals surface area contributed by atoms with Gasteiger partial charge in [-0.2, -0.15) is 5.26 Å². The van der Waals surface area contributed by atoms with Crippen LogP contribution >= 0.6 is 11.8 Å². The Morgan fingerprint density at radius 2 is 1.61 bits per heavy atom. The number of benzene rings is 2. The summed E-state index contributed by atoms with van der Waals surface area (Å²) in [6.45, 7) is 0.217. The van der Waals surface area contributed by atoms with Gasteiger partial charge in [0.05, 0.1) is 28.6 Å². The van der Waals surface area contributed by atoms with Gasteiger partial charge in [0.2, 0.25) is 0 Å². The normalized spacial score (nSPS) is 12.6. The van der Waals surface area contributed by atoms with Gasteiger partial charge in [0, 0.05) is 23.4 Å². The number of amides is 2. The summed E-state index contributed by atoms with van der Waals surface area (Å²) in [7, 11) is 0. The predicted octanol–water partition coefficient (Wildman–Crippen LogP) is 5.27. The second-order valence-electron chi connectivity index (χ2n) is 7.35. The van der Waals surface area contributed by atoms with E-state index in [1.807, 2.05) is 36.4 Å². The van der Waals surface area contributed by atoms with Gasteiger partial charge in [0.15, 0.2) is 0 Å². The van der Waals surface area contributed by atoms with Crippen LogP contribution in [0.1, 0.15) is 26.3 Å². The third kappa shape index (κ3) is 3.81. The highest BCUT2D eigenvalue weighted by Crippen LogP contribution is 2.34. The van der Waals surface area contributed by atoms with E-state index in [1.54, 1.807) is 42.7 Å². The Hall–Kier alpha value is -4.15. The Morgan fingerprint density at radius 1 is 0.909 bits per heavy atom. The Morgan fingerprint density at radius 3 is 2.24 bits per heavy atom. The maximum Gasteiger partial charge on any atom is 0.261 e. The van der Waals surface area contributed by atoms with Gasteiger partial charge >= 0.3 is 0 Å². The van der Waals surface area contributed by atoms with Crippen molar-refractivity contribution in [2.75, 3.05) is 12.3 Å². The number of pyridine rings is 1. The number of rotatable bonds is 6. The van der Waals surface area contributed by atoms with Crippen LogP contribution < -0.4 is 0 Å². The quantitative estimate of drug-likeness (QED) is 0.293. The number of nitrogens with zero attached hydrogens (tertiary/aromatic N) is 3. The van der Waals surface area contributed by atoms with Crippen molar-refractivity contribution in [1.82, 2.24) is 9.88 Å². The molecule has 0 saturated heterocycles. The third-order valence-corrected chi connectivity index (χ3v) is 6.34. The molecule has 0 atom stereocenters.